The Kier molecular flexibility index (Phi) is 5.69. The summed E-state index contributed by atoms with van der Waals surface area (Å²) in [6, 6.07) is 7.57. The van der Waals surface area contributed by atoms with Crippen molar-refractivity contribution in [3.05, 3.63) is 29.8 Å². The van der Waals surface area contributed by atoms with Crippen molar-refractivity contribution in [3.63, 3.8) is 0 Å². The molecular weight excluding hydrogens is 224 g/mol. The van der Waals surface area contributed by atoms with Gasteiger partial charge in [0, 0.05) is 18.8 Å². The fourth-order valence-electron chi connectivity index (χ4n) is 1.88. The maximum Gasteiger partial charge on any atom is 0.227 e. The molecule has 1 aromatic rings. The first-order chi connectivity index (χ1) is 8.58. The molecule has 1 unspecified atom stereocenters. The number of carbonyl (C=O) groups excluding carboxylic acids is 1. The van der Waals surface area contributed by atoms with Crippen molar-refractivity contribution in [2.45, 2.75) is 33.6 Å². The zero-order valence-corrected chi connectivity index (χ0v) is 11.6. The highest BCUT2D eigenvalue weighted by Crippen LogP contribution is 2.13. The molecule has 0 radical (unpaired) electrons. The third kappa shape index (κ3) is 4.06. The molecule has 3 heteroatoms. The molecule has 0 aliphatic rings. The van der Waals surface area contributed by atoms with Crippen LogP contribution in [0.5, 0.6) is 0 Å². The van der Waals surface area contributed by atoms with Crippen molar-refractivity contribution in [1.82, 2.24) is 4.90 Å². The Hall–Kier alpha value is -1.51. The van der Waals surface area contributed by atoms with Crippen molar-refractivity contribution in [3.8, 4) is 0 Å². The maximum atomic E-state index is 12.2. The number of amides is 1. The number of nitrogen functional groups attached to an aromatic ring is 1. The van der Waals surface area contributed by atoms with Crippen LogP contribution in [0.1, 0.15) is 32.8 Å². The van der Waals surface area contributed by atoms with Gasteiger partial charge in [0.1, 0.15) is 0 Å². The molecular formula is C15H24N2O. The molecule has 0 bridgehead atoms. The van der Waals surface area contributed by atoms with E-state index in [1.165, 1.54) is 0 Å². The minimum absolute atomic E-state index is 0.163. The number of carbonyl (C=O) groups is 1. The highest BCUT2D eigenvalue weighted by molar-refractivity contribution is 5.80. The third-order valence-electron chi connectivity index (χ3n) is 3.36. The van der Waals surface area contributed by atoms with Crippen LogP contribution in [-0.2, 0) is 11.2 Å². The molecule has 0 spiro atoms. The van der Waals surface area contributed by atoms with E-state index in [1.807, 2.05) is 36.1 Å². The number of nitrogens with zero attached hydrogens (tertiary/aromatic N) is 1. The van der Waals surface area contributed by atoms with Gasteiger partial charge in [0.2, 0.25) is 5.91 Å². The van der Waals surface area contributed by atoms with Gasteiger partial charge in [-0.25, -0.2) is 0 Å². The second-order valence-corrected chi connectivity index (χ2v) is 4.82. The lowest BCUT2D eigenvalue weighted by atomic mass is 10.1. The highest BCUT2D eigenvalue weighted by atomic mass is 16.2. The van der Waals surface area contributed by atoms with Crippen molar-refractivity contribution in [2.24, 2.45) is 5.92 Å². The van der Waals surface area contributed by atoms with Gasteiger partial charge in [-0.1, -0.05) is 38.5 Å². The number of benzene rings is 1. The molecule has 0 fully saturated rings. The molecule has 0 aliphatic heterocycles. The minimum Gasteiger partial charge on any atom is -0.398 e. The summed E-state index contributed by atoms with van der Waals surface area (Å²) in [5.74, 6) is 0.706. The molecule has 100 valence electrons. The first kappa shape index (κ1) is 14.6. The molecule has 1 aromatic carbocycles. The molecule has 18 heavy (non-hydrogen) atoms. The number of hydrogen-bond acceptors (Lipinski definition) is 2. The van der Waals surface area contributed by atoms with Crippen molar-refractivity contribution in [1.29, 1.82) is 0 Å². The largest absolute Gasteiger partial charge is 0.398 e. The van der Waals surface area contributed by atoms with Crippen molar-refractivity contribution in [2.75, 3.05) is 18.8 Å². The SMILES string of the molecule is CCC(C)CN(CC)C(=O)Cc1ccccc1N. The summed E-state index contributed by atoms with van der Waals surface area (Å²) in [6.07, 6.45) is 1.49. The molecule has 0 saturated heterocycles. The monoisotopic (exact) mass is 248 g/mol. The average molecular weight is 248 g/mol. The second kappa shape index (κ2) is 7.04. The lowest BCUT2D eigenvalue weighted by molar-refractivity contribution is -0.130. The van der Waals surface area contributed by atoms with E-state index in [0.29, 0.717) is 18.0 Å². The van der Waals surface area contributed by atoms with E-state index in [0.717, 1.165) is 25.1 Å². The van der Waals surface area contributed by atoms with E-state index in [2.05, 4.69) is 13.8 Å². The van der Waals surface area contributed by atoms with E-state index in [4.69, 9.17) is 5.73 Å². The molecule has 1 atom stereocenters. The summed E-state index contributed by atoms with van der Waals surface area (Å²) in [7, 11) is 0. The van der Waals surface area contributed by atoms with E-state index < -0.39 is 0 Å². The Morgan fingerprint density at radius 2 is 2.00 bits per heavy atom. The summed E-state index contributed by atoms with van der Waals surface area (Å²) in [5.41, 5.74) is 7.49. The number of hydrogen-bond donors (Lipinski definition) is 1. The Morgan fingerprint density at radius 1 is 1.33 bits per heavy atom. The number of para-hydroxylation sites is 1. The molecule has 1 rings (SSSR count). The summed E-state index contributed by atoms with van der Waals surface area (Å²) in [5, 5.41) is 0. The van der Waals surface area contributed by atoms with E-state index >= 15 is 0 Å². The maximum absolute atomic E-state index is 12.2. The van der Waals surface area contributed by atoms with Gasteiger partial charge in [0.15, 0.2) is 0 Å². The van der Waals surface area contributed by atoms with Crippen LogP contribution in [0.15, 0.2) is 24.3 Å². The number of anilines is 1. The summed E-state index contributed by atoms with van der Waals surface area (Å²) in [6.45, 7) is 7.94. The van der Waals surface area contributed by atoms with Crippen LogP contribution < -0.4 is 5.73 Å². The Bertz CT molecular complexity index is 390. The number of rotatable bonds is 6. The zero-order chi connectivity index (χ0) is 13.5. The third-order valence-corrected chi connectivity index (χ3v) is 3.36. The molecule has 2 N–H and O–H groups in total. The van der Waals surface area contributed by atoms with Crippen molar-refractivity contribution < 1.29 is 4.79 Å². The van der Waals surface area contributed by atoms with Gasteiger partial charge in [0.25, 0.3) is 0 Å². The second-order valence-electron chi connectivity index (χ2n) is 4.82. The Labute approximate surface area is 110 Å². The quantitative estimate of drug-likeness (QED) is 0.787. The van der Waals surface area contributed by atoms with Crippen LogP contribution in [0.4, 0.5) is 5.69 Å². The molecule has 0 saturated carbocycles. The number of nitrogens with two attached hydrogens (primary N) is 1. The van der Waals surface area contributed by atoms with Crippen LogP contribution in [0.25, 0.3) is 0 Å². The van der Waals surface area contributed by atoms with E-state index in [9.17, 15) is 4.79 Å². The highest BCUT2D eigenvalue weighted by Gasteiger charge is 2.15. The molecule has 0 aromatic heterocycles. The van der Waals surface area contributed by atoms with E-state index in [1.54, 1.807) is 0 Å². The Morgan fingerprint density at radius 3 is 2.56 bits per heavy atom. The van der Waals surface area contributed by atoms with Gasteiger partial charge >= 0.3 is 0 Å². The van der Waals surface area contributed by atoms with Crippen LogP contribution in [0.2, 0.25) is 0 Å². The standard InChI is InChI=1S/C15H24N2O/c1-4-12(3)11-17(5-2)15(18)10-13-8-6-7-9-14(13)16/h6-9,12H,4-5,10-11,16H2,1-3H3. The predicted molar refractivity (Wildman–Crippen MR) is 76.3 cm³/mol. The first-order valence-corrected chi connectivity index (χ1v) is 6.69. The lowest BCUT2D eigenvalue weighted by Gasteiger charge is -2.24. The lowest BCUT2D eigenvalue weighted by Crippen LogP contribution is -2.35. The molecule has 0 aliphatic carbocycles. The first-order valence-electron chi connectivity index (χ1n) is 6.69. The van der Waals surface area contributed by atoms with Gasteiger partial charge in [-0.15, -0.1) is 0 Å². The zero-order valence-electron chi connectivity index (χ0n) is 11.6. The van der Waals surface area contributed by atoms with Gasteiger partial charge < -0.3 is 10.6 Å². The van der Waals surface area contributed by atoms with Crippen LogP contribution in [0.3, 0.4) is 0 Å². The molecule has 0 heterocycles. The van der Waals surface area contributed by atoms with E-state index in [-0.39, 0.29) is 5.91 Å². The van der Waals surface area contributed by atoms with Gasteiger partial charge in [-0.2, -0.15) is 0 Å². The summed E-state index contributed by atoms with van der Waals surface area (Å²) in [4.78, 5) is 14.1. The van der Waals surface area contributed by atoms with Gasteiger partial charge in [-0.3, -0.25) is 4.79 Å². The summed E-state index contributed by atoms with van der Waals surface area (Å²) >= 11 is 0. The van der Waals surface area contributed by atoms with Gasteiger partial charge in [0.05, 0.1) is 6.42 Å². The fraction of sp³-hybridized carbons (Fsp3) is 0.533. The number of likely N-dealkylation sites (N-methyl/N-ethyl adjacent to an activating group) is 1. The predicted octanol–water partition coefficient (Wildman–Crippen LogP) is 2.71. The smallest absolute Gasteiger partial charge is 0.227 e. The minimum atomic E-state index is 0.163. The Balaban J connectivity index is 2.65. The average Bonchev–Trinajstić information content (AvgIpc) is 2.38. The molecule has 3 nitrogen and oxygen atoms in total. The van der Waals surface area contributed by atoms with Crippen LogP contribution >= 0.6 is 0 Å². The molecule has 1 amide bonds. The fourth-order valence-corrected chi connectivity index (χ4v) is 1.88. The van der Waals surface area contributed by atoms with Crippen LogP contribution in [-0.4, -0.2) is 23.9 Å². The summed E-state index contributed by atoms with van der Waals surface area (Å²) < 4.78 is 0. The van der Waals surface area contributed by atoms with Crippen LogP contribution in [0, 0.1) is 5.92 Å². The normalized spacial score (nSPS) is 12.2. The van der Waals surface area contributed by atoms with Gasteiger partial charge in [-0.05, 0) is 24.5 Å². The van der Waals surface area contributed by atoms with Crippen molar-refractivity contribution >= 4 is 11.6 Å². The topological polar surface area (TPSA) is 46.3 Å².